The van der Waals surface area contributed by atoms with Crippen molar-refractivity contribution >= 4 is 11.9 Å². The Morgan fingerprint density at radius 3 is 2.64 bits per heavy atom. The van der Waals surface area contributed by atoms with Gasteiger partial charge in [-0.1, -0.05) is 36.4 Å². The molecule has 0 amide bonds. The molecule has 2 heteroatoms. The van der Waals surface area contributed by atoms with Gasteiger partial charge in [-0.05, 0) is 18.6 Å². The van der Waals surface area contributed by atoms with Crippen LogP contribution in [0, 0.1) is 0 Å². The molecule has 2 rings (SSSR count). The highest BCUT2D eigenvalue weighted by atomic mass is 16.6. The minimum atomic E-state index is -0.536. The monoisotopic (exact) mass is 188 g/mol. The lowest BCUT2D eigenvalue weighted by Gasteiger charge is -1.97. The Labute approximate surface area is 83.2 Å². The standard InChI is InChI=1S/C12H12O2/c1-12(9-14-12)11(13)8-7-10-5-3-2-4-6-10/h2-8H,9H2,1H3. The van der Waals surface area contributed by atoms with Gasteiger partial charge in [0.2, 0.25) is 0 Å². The van der Waals surface area contributed by atoms with Crippen molar-refractivity contribution in [3.63, 3.8) is 0 Å². The largest absolute Gasteiger partial charge is 0.361 e. The second-order valence-electron chi connectivity index (χ2n) is 3.63. The van der Waals surface area contributed by atoms with Crippen LogP contribution in [-0.4, -0.2) is 18.0 Å². The van der Waals surface area contributed by atoms with Crippen LogP contribution in [-0.2, 0) is 9.53 Å². The number of carbonyl (C=O) groups is 1. The van der Waals surface area contributed by atoms with Gasteiger partial charge in [0.15, 0.2) is 11.4 Å². The number of epoxide rings is 1. The predicted molar refractivity (Wildman–Crippen MR) is 54.8 cm³/mol. The molecule has 0 bridgehead atoms. The maximum atomic E-state index is 11.5. The Balaban J connectivity index is 2.04. The average molecular weight is 188 g/mol. The molecule has 1 atom stereocenters. The Kier molecular flexibility index (Phi) is 2.22. The molecule has 1 aromatic rings. The lowest BCUT2D eigenvalue weighted by molar-refractivity contribution is -0.118. The van der Waals surface area contributed by atoms with E-state index in [1.54, 1.807) is 6.08 Å². The number of hydrogen-bond donors (Lipinski definition) is 0. The molecular weight excluding hydrogens is 176 g/mol. The minimum Gasteiger partial charge on any atom is -0.361 e. The maximum Gasteiger partial charge on any atom is 0.189 e. The Morgan fingerprint density at radius 1 is 1.43 bits per heavy atom. The van der Waals surface area contributed by atoms with Gasteiger partial charge in [0, 0.05) is 0 Å². The van der Waals surface area contributed by atoms with Crippen LogP contribution < -0.4 is 0 Å². The molecule has 1 aliphatic rings. The first kappa shape index (κ1) is 9.16. The zero-order chi connectivity index (χ0) is 10.0. The van der Waals surface area contributed by atoms with E-state index in [-0.39, 0.29) is 5.78 Å². The summed E-state index contributed by atoms with van der Waals surface area (Å²) >= 11 is 0. The first-order valence-electron chi connectivity index (χ1n) is 4.62. The topological polar surface area (TPSA) is 29.6 Å². The van der Waals surface area contributed by atoms with E-state index in [1.165, 1.54) is 0 Å². The van der Waals surface area contributed by atoms with Crippen molar-refractivity contribution in [2.75, 3.05) is 6.61 Å². The van der Waals surface area contributed by atoms with Crippen molar-refractivity contribution in [3.05, 3.63) is 42.0 Å². The lowest BCUT2D eigenvalue weighted by Crippen LogP contribution is -2.17. The van der Waals surface area contributed by atoms with E-state index >= 15 is 0 Å². The lowest BCUT2D eigenvalue weighted by atomic mass is 10.1. The maximum absolute atomic E-state index is 11.5. The van der Waals surface area contributed by atoms with Gasteiger partial charge >= 0.3 is 0 Å². The van der Waals surface area contributed by atoms with Crippen LogP contribution in [0.1, 0.15) is 12.5 Å². The number of ether oxygens (including phenoxy) is 1. The van der Waals surface area contributed by atoms with Crippen LogP contribution in [0.5, 0.6) is 0 Å². The number of benzene rings is 1. The van der Waals surface area contributed by atoms with Crippen LogP contribution in [0.15, 0.2) is 36.4 Å². The van der Waals surface area contributed by atoms with Gasteiger partial charge in [0.05, 0.1) is 6.61 Å². The second-order valence-corrected chi connectivity index (χ2v) is 3.63. The van der Waals surface area contributed by atoms with E-state index in [9.17, 15) is 4.79 Å². The molecule has 1 fully saturated rings. The van der Waals surface area contributed by atoms with Crippen molar-refractivity contribution in [1.29, 1.82) is 0 Å². The van der Waals surface area contributed by atoms with Crippen LogP contribution in [0.2, 0.25) is 0 Å². The number of rotatable bonds is 3. The molecule has 0 N–H and O–H groups in total. The molecule has 1 heterocycles. The summed E-state index contributed by atoms with van der Waals surface area (Å²) in [6.45, 7) is 2.36. The highest BCUT2D eigenvalue weighted by molar-refractivity contribution is 6.01. The van der Waals surface area contributed by atoms with E-state index in [0.717, 1.165) is 5.56 Å². The third kappa shape index (κ3) is 1.91. The predicted octanol–water partition coefficient (Wildman–Crippen LogP) is 2.06. The Morgan fingerprint density at radius 2 is 2.07 bits per heavy atom. The molecular formula is C12H12O2. The van der Waals surface area contributed by atoms with Gasteiger partial charge in [-0.2, -0.15) is 0 Å². The van der Waals surface area contributed by atoms with Crippen molar-refractivity contribution < 1.29 is 9.53 Å². The summed E-state index contributed by atoms with van der Waals surface area (Å²) in [6, 6.07) is 9.75. The van der Waals surface area contributed by atoms with Gasteiger partial charge in [0.25, 0.3) is 0 Å². The molecule has 0 saturated carbocycles. The first-order chi connectivity index (χ1) is 6.71. The molecule has 1 aliphatic heterocycles. The van der Waals surface area contributed by atoms with Crippen LogP contribution in [0.25, 0.3) is 6.08 Å². The fourth-order valence-corrected chi connectivity index (χ4v) is 1.16. The summed E-state index contributed by atoms with van der Waals surface area (Å²) in [5, 5.41) is 0. The highest BCUT2D eigenvalue weighted by Crippen LogP contribution is 2.27. The van der Waals surface area contributed by atoms with Crippen molar-refractivity contribution in [2.24, 2.45) is 0 Å². The molecule has 2 nitrogen and oxygen atoms in total. The van der Waals surface area contributed by atoms with E-state index in [2.05, 4.69) is 0 Å². The average Bonchev–Trinajstić information content (AvgIpc) is 2.96. The quantitative estimate of drug-likeness (QED) is 0.536. The van der Waals surface area contributed by atoms with Crippen LogP contribution >= 0.6 is 0 Å². The van der Waals surface area contributed by atoms with E-state index in [0.29, 0.717) is 6.61 Å². The molecule has 0 radical (unpaired) electrons. The van der Waals surface area contributed by atoms with Gasteiger partial charge in [-0.25, -0.2) is 0 Å². The van der Waals surface area contributed by atoms with Gasteiger partial charge < -0.3 is 4.74 Å². The molecule has 0 aromatic heterocycles. The third-order valence-corrected chi connectivity index (χ3v) is 2.33. The summed E-state index contributed by atoms with van der Waals surface area (Å²) in [4.78, 5) is 11.5. The van der Waals surface area contributed by atoms with Crippen molar-refractivity contribution in [1.82, 2.24) is 0 Å². The molecule has 1 aromatic carbocycles. The molecule has 72 valence electrons. The van der Waals surface area contributed by atoms with Crippen molar-refractivity contribution in [3.8, 4) is 0 Å². The van der Waals surface area contributed by atoms with Crippen LogP contribution in [0.3, 0.4) is 0 Å². The molecule has 1 saturated heterocycles. The van der Waals surface area contributed by atoms with Crippen molar-refractivity contribution in [2.45, 2.75) is 12.5 Å². The zero-order valence-electron chi connectivity index (χ0n) is 8.07. The second kappa shape index (κ2) is 3.39. The number of carbonyl (C=O) groups excluding carboxylic acids is 1. The molecule has 0 spiro atoms. The summed E-state index contributed by atoms with van der Waals surface area (Å²) in [7, 11) is 0. The minimum absolute atomic E-state index is 0.0429. The summed E-state index contributed by atoms with van der Waals surface area (Å²) < 4.78 is 5.05. The highest BCUT2D eigenvalue weighted by Gasteiger charge is 2.45. The Hall–Kier alpha value is -1.41. The first-order valence-corrected chi connectivity index (χ1v) is 4.62. The number of ketones is 1. The summed E-state index contributed by atoms with van der Waals surface area (Å²) in [5.41, 5.74) is 0.496. The smallest absolute Gasteiger partial charge is 0.189 e. The third-order valence-electron chi connectivity index (χ3n) is 2.33. The SMILES string of the molecule is CC1(C(=O)C=Cc2ccccc2)CO1. The van der Waals surface area contributed by atoms with Gasteiger partial charge in [-0.3, -0.25) is 4.79 Å². The zero-order valence-corrected chi connectivity index (χ0v) is 8.07. The van der Waals surface area contributed by atoms with Gasteiger partial charge in [0.1, 0.15) is 0 Å². The van der Waals surface area contributed by atoms with E-state index in [4.69, 9.17) is 4.74 Å². The summed E-state index contributed by atoms with van der Waals surface area (Å²) in [6.07, 6.45) is 3.40. The molecule has 1 unspecified atom stereocenters. The normalized spacial score (nSPS) is 25.2. The molecule has 0 aliphatic carbocycles. The van der Waals surface area contributed by atoms with Crippen LogP contribution in [0.4, 0.5) is 0 Å². The van der Waals surface area contributed by atoms with E-state index in [1.807, 2.05) is 43.3 Å². The number of hydrogen-bond acceptors (Lipinski definition) is 2. The van der Waals surface area contributed by atoms with E-state index < -0.39 is 5.60 Å². The Bertz CT molecular complexity index is 361. The molecule has 14 heavy (non-hydrogen) atoms. The summed E-state index contributed by atoms with van der Waals surface area (Å²) in [5.74, 6) is 0.0429. The fraction of sp³-hybridized carbons (Fsp3) is 0.250. The fourth-order valence-electron chi connectivity index (χ4n) is 1.16. The van der Waals surface area contributed by atoms with Gasteiger partial charge in [-0.15, -0.1) is 0 Å².